The fraction of sp³-hybridized carbons (Fsp3) is 0.435. The Morgan fingerprint density at radius 1 is 1.03 bits per heavy atom. The number of hydrogen-bond donors (Lipinski definition) is 0. The Bertz CT molecular complexity index is 1000. The number of para-hydroxylation sites is 2. The van der Waals surface area contributed by atoms with Crippen molar-refractivity contribution in [2.24, 2.45) is 5.92 Å². The second-order valence-electron chi connectivity index (χ2n) is 8.13. The van der Waals surface area contributed by atoms with Gasteiger partial charge in [0.1, 0.15) is 6.61 Å². The molecule has 0 aromatic heterocycles. The molecule has 1 atom stereocenters. The first-order chi connectivity index (χ1) is 14.9. The molecule has 0 spiro atoms. The summed E-state index contributed by atoms with van der Waals surface area (Å²) in [5.41, 5.74) is 0.775. The predicted octanol–water partition coefficient (Wildman–Crippen LogP) is 2.53. The van der Waals surface area contributed by atoms with Crippen LogP contribution in [0.3, 0.4) is 0 Å². The summed E-state index contributed by atoms with van der Waals surface area (Å²) in [4.78, 5) is 14.6. The minimum atomic E-state index is -3.38. The molecule has 2 aliphatic rings. The lowest BCUT2D eigenvalue weighted by Gasteiger charge is -2.34. The quantitative estimate of drug-likeness (QED) is 0.684. The standard InChI is InChI=1S/C23H28N2O5S/c1-24(15-20-16-29-21-9-5-6-10-22(21)30-20)23(26)19-11-13-25(14-12-19)31(27,28)17-18-7-3-2-4-8-18/h2-10,19-20H,11-17H2,1H3. The van der Waals surface area contributed by atoms with Crippen LogP contribution in [-0.4, -0.2) is 62.9 Å². The molecule has 31 heavy (non-hydrogen) atoms. The Hall–Kier alpha value is -2.58. The molecule has 4 rings (SSSR count). The number of fused-ring (bicyclic) bond motifs is 1. The minimum Gasteiger partial charge on any atom is -0.486 e. The van der Waals surface area contributed by atoms with Crippen molar-refractivity contribution in [3.63, 3.8) is 0 Å². The van der Waals surface area contributed by atoms with E-state index in [0.29, 0.717) is 44.8 Å². The molecule has 2 aromatic rings. The van der Waals surface area contributed by atoms with Gasteiger partial charge in [-0.3, -0.25) is 4.79 Å². The number of carbonyl (C=O) groups excluding carboxylic acids is 1. The average molecular weight is 445 g/mol. The first kappa shape index (κ1) is 21.6. The molecule has 1 amide bonds. The maximum atomic E-state index is 12.9. The van der Waals surface area contributed by atoms with Crippen LogP contribution in [-0.2, 0) is 20.6 Å². The Morgan fingerprint density at radius 2 is 1.68 bits per heavy atom. The van der Waals surface area contributed by atoms with Crippen LogP contribution in [0, 0.1) is 5.92 Å². The molecule has 8 heteroatoms. The summed E-state index contributed by atoms with van der Waals surface area (Å²) in [6, 6.07) is 16.7. The predicted molar refractivity (Wildman–Crippen MR) is 117 cm³/mol. The van der Waals surface area contributed by atoms with E-state index in [0.717, 1.165) is 11.3 Å². The number of hydrogen-bond acceptors (Lipinski definition) is 5. The highest BCUT2D eigenvalue weighted by atomic mass is 32.2. The van der Waals surface area contributed by atoms with Crippen LogP contribution in [0.4, 0.5) is 0 Å². The number of likely N-dealkylation sites (N-methyl/N-ethyl adjacent to an activating group) is 1. The molecule has 1 fully saturated rings. The largest absolute Gasteiger partial charge is 0.486 e. The molecule has 2 aromatic carbocycles. The maximum absolute atomic E-state index is 12.9. The first-order valence-electron chi connectivity index (χ1n) is 10.6. The number of sulfonamides is 1. The summed E-state index contributed by atoms with van der Waals surface area (Å²) in [7, 11) is -1.62. The molecular formula is C23H28N2O5S. The van der Waals surface area contributed by atoms with Crippen molar-refractivity contribution in [2.75, 3.05) is 33.3 Å². The second-order valence-corrected chi connectivity index (χ2v) is 10.1. The molecule has 0 N–H and O–H groups in total. The van der Waals surface area contributed by atoms with Crippen molar-refractivity contribution < 1.29 is 22.7 Å². The Morgan fingerprint density at radius 3 is 2.39 bits per heavy atom. The monoisotopic (exact) mass is 444 g/mol. The van der Waals surface area contributed by atoms with E-state index in [2.05, 4.69) is 0 Å². The van der Waals surface area contributed by atoms with Gasteiger partial charge >= 0.3 is 0 Å². The van der Waals surface area contributed by atoms with Gasteiger partial charge in [0.15, 0.2) is 17.6 Å². The summed E-state index contributed by atoms with van der Waals surface area (Å²) in [6.45, 7) is 1.57. The summed E-state index contributed by atoms with van der Waals surface area (Å²) in [5, 5.41) is 0. The third-order valence-corrected chi connectivity index (χ3v) is 7.66. The van der Waals surface area contributed by atoms with Crippen LogP contribution >= 0.6 is 0 Å². The fourth-order valence-electron chi connectivity index (χ4n) is 4.12. The molecular weight excluding hydrogens is 416 g/mol. The number of ether oxygens (including phenoxy) is 2. The average Bonchev–Trinajstić information content (AvgIpc) is 2.79. The van der Waals surface area contributed by atoms with Crippen molar-refractivity contribution in [3.8, 4) is 11.5 Å². The van der Waals surface area contributed by atoms with Gasteiger partial charge in [-0.15, -0.1) is 0 Å². The molecule has 0 aliphatic carbocycles. The lowest BCUT2D eigenvalue weighted by molar-refractivity contribution is -0.136. The first-order valence-corrected chi connectivity index (χ1v) is 12.2. The van der Waals surface area contributed by atoms with E-state index in [1.165, 1.54) is 4.31 Å². The van der Waals surface area contributed by atoms with E-state index in [4.69, 9.17) is 9.47 Å². The zero-order valence-electron chi connectivity index (χ0n) is 17.6. The molecule has 2 aliphatic heterocycles. The molecule has 1 saturated heterocycles. The Balaban J connectivity index is 1.28. The van der Waals surface area contributed by atoms with Gasteiger partial charge in [0.2, 0.25) is 15.9 Å². The normalized spacial score (nSPS) is 19.7. The van der Waals surface area contributed by atoms with Gasteiger partial charge in [-0.25, -0.2) is 12.7 Å². The van der Waals surface area contributed by atoms with Gasteiger partial charge in [-0.2, -0.15) is 0 Å². The Labute approximate surface area is 183 Å². The van der Waals surface area contributed by atoms with E-state index in [1.54, 1.807) is 11.9 Å². The number of benzene rings is 2. The fourth-order valence-corrected chi connectivity index (χ4v) is 5.68. The summed E-state index contributed by atoms with van der Waals surface area (Å²) in [6.07, 6.45) is 0.833. The van der Waals surface area contributed by atoms with Crippen LogP contribution in [0.5, 0.6) is 11.5 Å². The van der Waals surface area contributed by atoms with E-state index >= 15 is 0 Å². The summed E-state index contributed by atoms with van der Waals surface area (Å²) < 4.78 is 38.6. The molecule has 2 heterocycles. The highest BCUT2D eigenvalue weighted by Gasteiger charge is 2.33. The van der Waals surface area contributed by atoms with E-state index in [9.17, 15) is 13.2 Å². The second kappa shape index (κ2) is 9.28. The number of piperidine rings is 1. The van der Waals surface area contributed by atoms with Crippen LogP contribution in [0.15, 0.2) is 54.6 Å². The van der Waals surface area contributed by atoms with Gasteiger partial charge < -0.3 is 14.4 Å². The molecule has 7 nitrogen and oxygen atoms in total. The van der Waals surface area contributed by atoms with Crippen LogP contribution in [0.25, 0.3) is 0 Å². The highest BCUT2D eigenvalue weighted by molar-refractivity contribution is 7.88. The van der Waals surface area contributed by atoms with Crippen molar-refractivity contribution in [1.29, 1.82) is 0 Å². The van der Waals surface area contributed by atoms with Crippen molar-refractivity contribution in [2.45, 2.75) is 24.7 Å². The van der Waals surface area contributed by atoms with Gasteiger partial charge in [-0.05, 0) is 30.5 Å². The van der Waals surface area contributed by atoms with Crippen LogP contribution in [0.2, 0.25) is 0 Å². The Kier molecular flexibility index (Phi) is 6.48. The van der Waals surface area contributed by atoms with E-state index in [1.807, 2.05) is 54.6 Å². The lowest BCUT2D eigenvalue weighted by atomic mass is 9.96. The maximum Gasteiger partial charge on any atom is 0.225 e. The van der Waals surface area contributed by atoms with Crippen LogP contribution < -0.4 is 9.47 Å². The lowest BCUT2D eigenvalue weighted by Crippen LogP contribution is -2.47. The SMILES string of the molecule is CN(CC1COc2ccccc2O1)C(=O)C1CCN(S(=O)(=O)Cc2ccccc2)CC1. The minimum absolute atomic E-state index is 0.00709. The molecule has 1 unspecified atom stereocenters. The molecule has 166 valence electrons. The summed E-state index contributed by atoms with van der Waals surface area (Å²) in [5.74, 6) is 1.26. The smallest absolute Gasteiger partial charge is 0.225 e. The number of amides is 1. The van der Waals surface area contributed by atoms with Crippen molar-refractivity contribution in [3.05, 3.63) is 60.2 Å². The zero-order chi connectivity index (χ0) is 21.8. The van der Waals surface area contributed by atoms with Crippen LogP contribution in [0.1, 0.15) is 18.4 Å². The van der Waals surface area contributed by atoms with E-state index < -0.39 is 10.0 Å². The topological polar surface area (TPSA) is 76.2 Å². The number of nitrogens with zero attached hydrogens (tertiary/aromatic N) is 2. The van der Waals surface area contributed by atoms with Crippen molar-refractivity contribution in [1.82, 2.24) is 9.21 Å². The van der Waals surface area contributed by atoms with Gasteiger partial charge in [-0.1, -0.05) is 42.5 Å². The molecule has 0 saturated carbocycles. The number of carbonyl (C=O) groups is 1. The molecule has 0 radical (unpaired) electrons. The van der Waals surface area contributed by atoms with E-state index in [-0.39, 0.29) is 23.7 Å². The van der Waals surface area contributed by atoms with Gasteiger partial charge in [0.25, 0.3) is 0 Å². The molecule has 0 bridgehead atoms. The summed E-state index contributed by atoms with van der Waals surface area (Å²) >= 11 is 0. The third-order valence-electron chi connectivity index (χ3n) is 5.81. The highest BCUT2D eigenvalue weighted by Crippen LogP contribution is 2.31. The van der Waals surface area contributed by atoms with Crippen molar-refractivity contribution >= 4 is 15.9 Å². The van der Waals surface area contributed by atoms with Gasteiger partial charge in [0.05, 0.1) is 12.3 Å². The third kappa shape index (κ3) is 5.19. The number of rotatable bonds is 6. The van der Waals surface area contributed by atoms with Gasteiger partial charge in [0, 0.05) is 26.1 Å². The zero-order valence-corrected chi connectivity index (χ0v) is 18.5.